The van der Waals surface area contributed by atoms with E-state index in [1.54, 1.807) is 0 Å². The van der Waals surface area contributed by atoms with Gasteiger partial charge in [-0.1, -0.05) is 12.1 Å². The maximum atomic E-state index is 13.9. The Kier molecular flexibility index (Phi) is 6.12. The van der Waals surface area contributed by atoms with Gasteiger partial charge in [0.1, 0.15) is 17.3 Å². The molecule has 0 saturated carbocycles. The van der Waals surface area contributed by atoms with Crippen LogP contribution in [0.5, 0.6) is 5.75 Å². The lowest BCUT2D eigenvalue weighted by molar-refractivity contribution is -0.274. The zero-order valence-corrected chi connectivity index (χ0v) is 20.3. The average molecular weight is 571 g/mol. The van der Waals surface area contributed by atoms with Crippen molar-refractivity contribution in [2.45, 2.75) is 24.0 Å². The third-order valence-electron chi connectivity index (χ3n) is 5.52. The highest BCUT2D eigenvalue weighted by molar-refractivity contribution is 7.92. The van der Waals surface area contributed by atoms with Crippen LogP contribution in [0.2, 0.25) is 0 Å². The molecule has 0 aliphatic carbocycles. The number of nitrogens with zero attached hydrogens (tertiary/aromatic N) is 6. The van der Waals surface area contributed by atoms with E-state index in [-0.39, 0.29) is 34.1 Å². The number of hydrogen-bond acceptors (Lipinski definition) is 8. The normalized spacial score (nSPS) is 13.8. The van der Waals surface area contributed by atoms with E-state index in [0.717, 1.165) is 45.5 Å². The number of aromatic nitrogens is 5. The third kappa shape index (κ3) is 5.16. The van der Waals surface area contributed by atoms with Crippen molar-refractivity contribution in [3.63, 3.8) is 0 Å². The number of ether oxygens (including phenoxy) is 1. The largest absolute Gasteiger partial charge is 0.573 e. The van der Waals surface area contributed by atoms with E-state index in [0.29, 0.717) is 0 Å². The van der Waals surface area contributed by atoms with E-state index in [1.807, 2.05) is 0 Å². The van der Waals surface area contributed by atoms with Crippen LogP contribution in [0.4, 0.5) is 43.5 Å². The van der Waals surface area contributed by atoms with Gasteiger partial charge in [0.2, 0.25) is 5.82 Å². The SMILES string of the molecule is Cn1nnc(-c2cccc3c2N(S(=O)(=O)c2ccc(OC(F)(F)F)cc2)Cc2ccc(C(F)(F)F)nc2N3)n1. The summed E-state index contributed by atoms with van der Waals surface area (Å²) < 4.78 is 110. The Morgan fingerprint density at radius 2 is 1.69 bits per heavy atom. The number of hydrogen-bond donors (Lipinski definition) is 1. The van der Waals surface area contributed by atoms with Gasteiger partial charge in [0, 0.05) is 11.1 Å². The number of para-hydroxylation sites is 1. The summed E-state index contributed by atoms with van der Waals surface area (Å²) in [5.74, 6) is -0.861. The summed E-state index contributed by atoms with van der Waals surface area (Å²) >= 11 is 0. The third-order valence-corrected chi connectivity index (χ3v) is 7.28. The number of fused-ring (bicyclic) bond motifs is 2. The summed E-state index contributed by atoms with van der Waals surface area (Å²) in [6.07, 6.45) is -9.75. The zero-order chi connectivity index (χ0) is 28.2. The molecule has 0 amide bonds. The van der Waals surface area contributed by atoms with E-state index in [2.05, 4.69) is 30.4 Å². The van der Waals surface area contributed by atoms with Crippen molar-refractivity contribution in [3.8, 4) is 17.1 Å². The standard InChI is InChI=1S/C22H15F6N7O3S/c1-34-32-20(31-33-34)15-3-2-4-16-18(15)35(11-12-5-10-17(21(23,24)25)30-19(12)29-16)39(36,37)14-8-6-13(7-9-14)38-22(26,27)28/h2-10H,11H2,1H3,(H,29,30). The van der Waals surface area contributed by atoms with Gasteiger partial charge in [-0.2, -0.15) is 18.0 Å². The van der Waals surface area contributed by atoms with E-state index >= 15 is 0 Å². The van der Waals surface area contributed by atoms with Gasteiger partial charge in [0.05, 0.1) is 29.9 Å². The fourth-order valence-electron chi connectivity index (χ4n) is 3.87. The number of alkyl halides is 6. The van der Waals surface area contributed by atoms with Crippen LogP contribution in [0.3, 0.4) is 0 Å². The van der Waals surface area contributed by atoms with Crippen LogP contribution in [0.15, 0.2) is 59.5 Å². The minimum absolute atomic E-state index is 0.0140. The van der Waals surface area contributed by atoms with Crippen LogP contribution >= 0.6 is 0 Å². The maximum Gasteiger partial charge on any atom is 0.573 e. The molecule has 5 rings (SSSR count). The number of sulfonamides is 1. The lowest BCUT2D eigenvalue weighted by Gasteiger charge is -2.26. The molecule has 17 heteroatoms. The van der Waals surface area contributed by atoms with Crippen molar-refractivity contribution >= 4 is 27.2 Å². The predicted molar refractivity (Wildman–Crippen MR) is 123 cm³/mol. The highest BCUT2D eigenvalue weighted by atomic mass is 32.2. The molecule has 1 N–H and O–H groups in total. The van der Waals surface area contributed by atoms with Gasteiger partial charge in [-0.05, 0) is 47.7 Å². The molecule has 1 aliphatic heterocycles. The van der Waals surface area contributed by atoms with Crippen molar-refractivity contribution in [3.05, 3.63) is 65.9 Å². The molecule has 0 spiro atoms. The number of tetrazole rings is 1. The van der Waals surface area contributed by atoms with E-state index in [1.165, 1.54) is 25.2 Å². The quantitative estimate of drug-likeness (QED) is 0.353. The van der Waals surface area contributed by atoms with Gasteiger partial charge >= 0.3 is 12.5 Å². The van der Waals surface area contributed by atoms with Crippen molar-refractivity contribution in [2.24, 2.45) is 7.05 Å². The zero-order valence-electron chi connectivity index (χ0n) is 19.5. The molecule has 0 atom stereocenters. The van der Waals surface area contributed by atoms with Gasteiger partial charge in [0.15, 0.2) is 0 Å². The average Bonchev–Trinajstić information content (AvgIpc) is 3.19. The van der Waals surface area contributed by atoms with Crippen molar-refractivity contribution in [1.29, 1.82) is 0 Å². The number of rotatable bonds is 4. The highest BCUT2D eigenvalue weighted by Gasteiger charge is 2.37. The van der Waals surface area contributed by atoms with E-state index in [9.17, 15) is 34.8 Å². The molecule has 10 nitrogen and oxygen atoms in total. The van der Waals surface area contributed by atoms with Crippen LogP contribution in [-0.2, 0) is 29.8 Å². The van der Waals surface area contributed by atoms with Gasteiger partial charge in [-0.3, -0.25) is 4.31 Å². The first-order valence-electron chi connectivity index (χ1n) is 10.8. The summed E-state index contributed by atoms with van der Waals surface area (Å²) in [7, 11) is -3.06. The van der Waals surface area contributed by atoms with Crippen LogP contribution in [-0.4, -0.2) is 40.0 Å². The molecule has 2 aromatic heterocycles. The lowest BCUT2D eigenvalue weighted by Crippen LogP contribution is -2.31. The molecule has 0 saturated heterocycles. The first kappa shape index (κ1) is 26.2. The van der Waals surface area contributed by atoms with Gasteiger partial charge < -0.3 is 10.1 Å². The minimum Gasteiger partial charge on any atom is -0.406 e. The minimum atomic E-state index is -4.99. The summed E-state index contributed by atoms with van der Waals surface area (Å²) in [4.78, 5) is 4.38. The fraction of sp³-hybridized carbons (Fsp3) is 0.182. The summed E-state index contributed by atoms with van der Waals surface area (Å²) in [6, 6.07) is 9.73. The van der Waals surface area contributed by atoms with Gasteiger partial charge in [-0.15, -0.1) is 23.4 Å². The van der Waals surface area contributed by atoms with Crippen molar-refractivity contribution in [2.75, 3.05) is 9.62 Å². The van der Waals surface area contributed by atoms with Gasteiger partial charge in [0.25, 0.3) is 10.0 Å². The molecule has 0 unspecified atom stereocenters. The number of nitrogens with one attached hydrogen (secondary N) is 1. The molecular weight excluding hydrogens is 556 g/mol. The molecule has 204 valence electrons. The van der Waals surface area contributed by atoms with Crippen LogP contribution in [0.25, 0.3) is 11.4 Å². The van der Waals surface area contributed by atoms with E-state index in [4.69, 9.17) is 0 Å². The van der Waals surface area contributed by atoms with Crippen molar-refractivity contribution < 1.29 is 39.5 Å². The lowest BCUT2D eigenvalue weighted by atomic mass is 10.1. The Morgan fingerprint density at radius 1 is 0.974 bits per heavy atom. The smallest absolute Gasteiger partial charge is 0.406 e. The molecule has 0 radical (unpaired) electrons. The monoisotopic (exact) mass is 571 g/mol. The molecule has 4 aromatic rings. The fourth-order valence-corrected chi connectivity index (χ4v) is 5.35. The van der Waals surface area contributed by atoms with E-state index < -0.39 is 45.4 Å². The number of aryl methyl sites for hydroxylation is 1. The summed E-state index contributed by atoms with van der Waals surface area (Å²) in [6.45, 7) is -0.485. The Bertz CT molecular complexity index is 1650. The molecule has 39 heavy (non-hydrogen) atoms. The topological polar surface area (TPSA) is 115 Å². The first-order chi connectivity index (χ1) is 18.2. The predicted octanol–water partition coefficient (Wildman–Crippen LogP) is 4.64. The Balaban J connectivity index is 1.68. The molecule has 1 aliphatic rings. The first-order valence-corrected chi connectivity index (χ1v) is 12.3. The molecular formula is C22H15F6N7O3S. The molecule has 0 bridgehead atoms. The number of benzene rings is 2. The Hall–Kier alpha value is -4.41. The number of pyridine rings is 1. The number of halogens is 6. The number of anilines is 3. The Labute approximate surface area is 215 Å². The van der Waals surface area contributed by atoms with Crippen LogP contribution < -0.4 is 14.4 Å². The second-order valence-electron chi connectivity index (χ2n) is 8.16. The van der Waals surface area contributed by atoms with Crippen LogP contribution in [0, 0.1) is 0 Å². The Morgan fingerprint density at radius 3 is 2.31 bits per heavy atom. The molecule has 2 aromatic carbocycles. The van der Waals surface area contributed by atoms with Crippen molar-refractivity contribution in [1.82, 2.24) is 25.2 Å². The highest BCUT2D eigenvalue weighted by Crippen LogP contribution is 2.44. The second kappa shape index (κ2) is 9.11. The summed E-state index contributed by atoms with van der Waals surface area (Å²) in [5.41, 5.74) is -0.909. The van der Waals surface area contributed by atoms with Gasteiger partial charge in [-0.25, -0.2) is 13.4 Å². The van der Waals surface area contributed by atoms with Crippen LogP contribution in [0.1, 0.15) is 11.3 Å². The molecule has 3 heterocycles. The molecule has 0 fully saturated rings. The second-order valence-corrected chi connectivity index (χ2v) is 10.0. The summed E-state index contributed by atoms with van der Waals surface area (Å²) in [5, 5.41) is 14.6. The maximum absolute atomic E-state index is 13.9.